The van der Waals surface area contributed by atoms with Gasteiger partial charge in [-0.25, -0.2) is 0 Å². The summed E-state index contributed by atoms with van der Waals surface area (Å²) < 4.78 is 4.72. The van der Waals surface area contributed by atoms with E-state index in [9.17, 15) is 9.59 Å². The number of amides is 1. The molecule has 0 aromatic carbocycles. The van der Waals surface area contributed by atoms with Crippen molar-refractivity contribution in [1.29, 1.82) is 0 Å². The normalized spacial score (nSPS) is 9.42. The Morgan fingerprint density at radius 1 is 1.75 bits per heavy atom. The van der Waals surface area contributed by atoms with Gasteiger partial charge in [0, 0.05) is 6.07 Å². The van der Waals surface area contributed by atoms with E-state index in [1.165, 1.54) is 12.5 Å². The van der Waals surface area contributed by atoms with Crippen LogP contribution in [0.3, 0.4) is 0 Å². The molecule has 1 heterocycles. The van der Waals surface area contributed by atoms with E-state index in [2.05, 4.69) is 0 Å². The van der Waals surface area contributed by atoms with Gasteiger partial charge >= 0.3 is 5.37 Å². The van der Waals surface area contributed by atoms with Gasteiger partial charge in [-0.15, -0.1) is 0 Å². The molecule has 0 saturated carbocycles. The minimum atomic E-state index is -0.705. The van der Waals surface area contributed by atoms with Crippen LogP contribution in [-0.2, 0) is 4.79 Å². The highest BCUT2D eigenvalue weighted by Gasteiger charge is 2.12. The van der Waals surface area contributed by atoms with Crippen molar-refractivity contribution in [3.05, 3.63) is 18.6 Å². The molecule has 64 valence electrons. The summed E-state index contributed by atoms with van der Waals surface area (Å²) in [7, 11) is 0. The first-order chi connectivity index (χ1) is 5.75. The Balaban J connectivity index is 2.80. The quantitative estimate of drug-likeness (QED) is 0.411. The van der Waals surface area contributed by atoms with Crippen LogP contribution >= 0.6 is 11.6 Å². The van der Waals surface area contributed by atoms with Gasteiger partial charge in [0.15, 0.2) is 0 Å². The van der Waals surface area contributed by atoms with Crippen LogP contribution in [0.4, 0.5) is 10.5 Å². The molecule has 1 amide bonds. The van der Waals surface area contributed by atoms with Crippen molar-refractivity contribution < 1.29 is 14.0 Å². The fraction of sp³-hybridized carbons (Fsp3) is 0.143. The molecule has 1 aromatic heterocycles. The zero-order valence-electron chi connectivity index (χ0n) is 6.07. The fourth-order valence-electron chi connectivity index (χ4n) is 0.764. The number of carbonyl (C=O) groups is 2. The summed E-state index contributed by atoms with van der Waals surface area (Å²) in [6.07, 6.45) is 3.32. The highest BCUT2D eigenvalue weighted by Crippen LogP contribution is 2.15. The zero-order valence-corrected chi connectivity index (χ0v) is 6.82. The predicted octanol–water partition coefficient (Wildman–Crippen LogP) is 1.64. The van der Waals surface area contributed by atoms with E-state index < -0.39 is 5.37 Å². The Morgan fingerprint density at radius 3 is 2.92 bits per heavy atom. The third-order valence-electron chi connectivity index (χ3n) is 1.29. The Bertz CT molecular complexity index is 270. The van der Waals surface area contributed by atoms with Gasteiger partial charge in [0.1, 0.15) is 12.5 Å². The molecule has 0 unspecified atom stereocenters. The number of halogens is 1. The number of rotatable bonds is 3. The molecule has 0 atom stereocenters. The smallest absolute Gasteiger partial charge is 0.321 e. The molecular formula is C7H6ClNO3. The SMILES string of the molecule is O=CCN(C(=O)Cl)c1ccoc1. The van der Waals surface area contributed by atoms with Gasteiger partial charge in [0.2, 0.25) is 0 Å². The minimum Gasteiger partial charge on any atom is -0.470 e. The molecule has 0 bridgehead atoms. The minimum absolute atomic E-state index is 0.0676. The molecule has 0 aliphatic rings. The summed E-state index contributed by atoms with van der Waals surface area (Å²) in [4.78, 5) is 22.0. The monoisotopic (exact) mass is 187 g/mol. The summed E-state index contributed by atoms with van der Waals surface area (Å²) >= 11 is 5.20. The maximum atomic E-state index is 10.7. The van der Waals surface area contributed by atoms with Crippen LogP contribution in [0.5, 0.6) is 0 Å². The summed E-state index contributed by atoms with van der Waals surface area (Å²) in [5.74, 6) is 0. The van der Waals surface area contributed by atoms with Crippen LogP contribution in [0.2, 0.25) is 0 Å². The standard InChI is InChI=1S/C7H6ClNO3/c8-7(11)9(2-3-10)6-1-4-12-5-6/h1,3-5H,2H2. The highest BCUT2D eigenvalue weighted by molar-refractivity contribution is 6.66. The highest BCUT2D eigenvalue weighted by atomic mass is 35.5. The second-order valence-electron chi connectivity index (χ2n) is 2.01. The topological polar surface area (TPSA) is 50.5 Å². The van der Waals surface area contributed by atoms with Gasteiger partial charge in [-0.2, -0.15) is 0 Å². The summed E-state index contributed by atoms with van der Waals surface area (Å²) in [6, 6.07) is 1.55. The Kier molecular flexibility index (Phi) is 2.88. The maximum absolute atomic E-state index is 10.7. The van der Waals surface area contributed by atoms with E-state index in [4.69, 9.17) is 16.0 Å². The number of nitrogens with zero attached hydrogens (tertiary/aromatic N) is 1. The van der Waals surface area contributed by atoms with Crippen molar-refractivity contribution in [2.75, 3.05) is 11.4 Å². The molecule has 0 N–H and O–H groups in total. The van der Waals surface area contributed by atoms with Gasteiger partial charge in [0.05, 0.1) is 18.5 Å². The van der Waals surface area contributed by atoms with Gasteiger partial charge in [-0.3, -0.25) is 9.69 Å². The molecule has 1 aromatic rings. The summed E-state index contributed by atoms with van der Waals surface area (Å²) in [5, 5.41) is -0.705. The lowest BCUT2D eigenvalue weighted by molar-refractivity contribution is -0.106. The molecule has 0 aliphatic carbocycles. The number of carbonyl (C=O) groups excluding carboxylic acids is 2. The second-order valence-corrected chi connectivity index (χ2v) is 2.34. The molecule has 1 rings (SSSR count). The molecule has 5 heteroatoms. The van der Waals surface area contributed by atoms with Crippen LogP contribution in [0.1, 0.15) is 0 Å². The lowest BCUT2D eigenvalue weighted by atomic mass is 10.4. The maximum Gasteiger partial charge on any atom is 0.321 e. The Morgan fingerprint density at radius 2 is 2.50 bits per heavy atom. The van der Waals surface area contributed by atoms with Crippen molar-refractivity contribution in [3.8, 4) is 0 Å². The predicted molar refractivity (Wildman–Crippen MR) is 43.4 cm³/mol. The molecule has 0 spiro atoms. The van der Waals surface area contributed by atoms with Gasteiger partial charge in [-0.1, -0.05) is 0 Å². The van der Waals surface area contributed by atoms with E-state index in [-0.39, 0.29) is 6.54 Å². The number of furan rings is 1. The molecular weight excluding hydrogens is 182 g/mol. The molecule has 0 aliphatic heterocycles. The largest absolute Gasteiger partial charge is 0.470 e. The van der Waals surface area contributed by atoms with Crippen LogP contribution in [0, 0.1) is 0 Å². The van der Waals surface area contributed by atoms with Crippen LogP contribution in [0.15, 0.2) is 23.0 Å². The van der Waals surface area contributed by atoms with E-state index >= 15 is 0 Å². The van der Waals surface area contributed by atoms with Crippen LogP contribution in [0.25, 0.3) is 0 Å². The Labute approximate surface area is 73.7 Å². The summed E-state index contributed by atoms with van der Waals surface area (Å²) in [6.45, 7) is -0.0676. The van der Waals surface area contributed by atoms with Crippen LogP contribution in [-0.4, -0.2) is 18.2 Å². The lowest BCUT2D eigenvalue weighted by Crippen LogP contribution is -2.27. The molecule has 0 fully saturated rings. The average molecular weight is 188 g/mol. The van der Waals surface area contributed by atoms with Gasteiger partial charge in [-0.05, 0) is 11.6 Å². The van der Waals surface area contributed by atoms with E-state index in [1.54, 1.807) is 6.07 Å². The number of hydrogen-bond acceptors (Lipinski definition) is 3. The number of anilines is 1. The zero-order chi connectivity index (χ0) is 8.97. The molecule has 12 heavy (non-hydrogen) atoms. The molecule has 4 nitrogen and oxygen atoms in total. The van der Waals surface area contributed by atoms with Crippen molar-refractivity contribution in [2.24, 2.45) is 0 Å². The van der Waals surface area contributed by atoms with Crippen LogP contribution < -0.4 is 4.90 Å². The third-order valence-corrected chi connectivity index (χ3v) is 1.49. The van der Waals surface area contributed by atoms with E-state index in [0.717, 1.165) is 4.90 Å². The fourth-order valence-corrected chi connectivity index (χ4v) is 0.931. The van der Waals surface area contributed by atoms with E-state index in [0.29, 0.717) is 12.0 Å². The van der Waals surface area contributed by atoms with Gasteiger partial charge in [0.25, 0.3) is 0 Å². The second kappa shape index (κ2) is 3.92. The first kappa shape index (κ1) is 8.80. The molecule has 0 saturated heterocycles. The van der Waals surface area contributed by atoms with Gasteiger partial charge < -0.3 is 9.21 Å². The summed E-state index contributed by atoms with van der Waals surface area (Å²) in [5.41, 5.74) is 0.474. The Hall–Kier alpha value is -1.29. The molecule has 0 radical (unpaired) electrons. The number of aldehydes is 1. The lowest BCUT2D eigenvalue weighted by Gasteiger charge is -2.12. The first-order valence-corrected chi connectivity index (χ1v) is 3.56. The van der Waals surface area contributed by atoms with Crippen molar-refractivity contribution >= 4 is 28.9 Å². The van der Waals surface area contributed by atoms with Crippen molar-refractivity contribution in [3.63, 3.8) is 0 Å². The third kappa shape index (κ3) is 1.85. The average Bonchev–Trinajstić information content (AvgIpc) is 2.51. The van der Waals surface area contributed by atoms with E-state index in [1.807, 2.05) is 0 Å². The number of hydrogen-bond donors (Lipinski definition) is 0. The van der Waals surface area contributed by atoms with Crippen molar-refractivity contribution in [1.82, 2.24) is 0 Å². The van der Waals surface area contributed by atoms with Crippen molar-refractivity contribution in [2.45, 2.75) is 0 Å². The first-order valence-electron chi connectivity index (χ1n) is 3.18.